The van der Waals surface area contributed by atoms with Crippen LogP contribution < -0.4 is 5.32 Å². The minimum absolute atomic E-state index is 0.0850. The van der Waals surface area contributed by atoms with Crippen LogP contribution in [0, 0.1) is 17.2 Å². The Morgan fingerprint density at radius 1 is 1.08 bits per heavy atom. The van der Waals surface area contributed by atoms with Crippen molar-refractivity contribution in [1.29, 1.82) is 5.26 Å². The van der Waals surface area contributed by atoms with Gasteiger partial charge in [0.1, 0.15) is 18.0 Å². The zero-order valence-corrected chi connectivity index (χ0v) is 20.5. The van der Waals surface area contributed by atoms with E-state index in [1.54, 1.807) is 23.9 Å². The molecule has 0 aliphatic heterocycles. The van der Waals surface area contributed by atoms with E-state index >= 15 is 0 Å². The third-order valence-electron chi connectivity index (χ3n) is 6.98. The fraction of sp³-hybridized carbons (Fsp3) is 0.379. The molecule has 2 unspecified atom stereocenters. The highest BCUT2D eigenvalue weighted by molar-refractivity contribution is 5.66. The number of aromatic nitrogens is 2. The maximum Gasteiger partial charge on any atom is 0.137 e. The average Bonchev–Trinajstić information content (AvgIpc) is 3.37. The Labute approximate surface area is 212 Å². The zero-order chi connectivity index (χ0) is 25.5. The first-order chi connectivity index (χ1) is 17.5. The quantitative estimate of drug-likeness (QED) is 0.328. The maximum absolute atomic E-state index is 9.89. The Kier molecular flexibility index (Phi) is 8.68. The molecule has 36 heavy (non-hydrogen) atoms. The van der Waals surface area contributed by atoms with Gasteiger partial charge in [-0.1, -0.05) is 60.7 Å². The molecule has 1 fully saturated rings. The average molecular weight is 487 g/mol. The van der Waals surface area contributed by atoms with Crippen molar-refractivity contribution >= 4 is 6.08 Å². The van der Waals surface area contributed by atoms with E-state index in [1.165, 1.54) is 11.1 Å². The topological polar surface area (TPSA) is 114 Å². The van der Waals surface area contributed by atoms with Gasteiger partial charge in [0.2, 0.25) is 0 Å². The van der Waals surface area contributed by atoms with Crippen molar-refractivity contribution in [3.8, 4) is 17.2 Å². The predicted molar refractivity (Wildman–Crippen MR) is 140 cm³/mol. The number of rotatable bonds is 11. The molecule has 7 nitrogen and oxygen atoms in total. The largest absolute Gasteiger partial charge is 0.394 e. The van der Waals surface area contributed by atoms with Crippen molar-refractivity contribution in [2.75, 3.05) is 19.8 Å². The lowest BCUT2D eigenvalue weighted by atomic mass is 9.71. The van der Waals surface area contributed by atoms with Crippen LogP contribution in [0.1, 0.15) is 54.8 Å². The molecule has 2 aromatic carbocycles. The molecule has 1 saturated carbocycles. The molecule has 0 spiro atoms. The Hall–Kier alpha value is -3.28. The van der Waals surface area contributed by atoms with Crippen LogP contribution in [0.25, 0.3) is 17.2 Å². The maximum atomic E-state index is 9.89. The van der Waals surface area contributed by atoms with E-state index in [2.05, 4.69) is 64.9 Å². The fourth-order valence-electron chi connectivity index (χ4n) is 4.76. The summed E-state index contributed by atoms with van der Waals surface area (Å²) in [4.78, 5) is 4.18. The van der Waals surface area contributed by atoms with Crippen LogP contribution in [-0.4, -0.2) is 50.7 Å². The van der Waals surface area contributed by atoms with Crippen molar-refractivity contribution in [2.45, 2.75) is 43.9 Å². The first-order valence-electron chi connectivity index (χ1n) is 12.5. The van der Waals surface area contributed by atoms with Gasteiger partial charge in [0, 0.05) is 12.4 Å². The Bertz CT molecular complexity index is 1170. The summed E-state index contributed by atoms with van der Waals surface area (Å²) in [7, 11) is 0. The lowest BCUT2D eigenvalue weighted by molar-refractivity contribution is 0.175. The van der Waals surface area contributed by atoms with Crippen molar-refractivity contribution < 1.29 is 15.3 Å². The molecule has 0 saturated heterocycles. The van der Waals surface area contributed by atoms with Crippen LogP contribution >= 0.6 is 0 Å². The van der Waals surface area contributed by atoms with E-state index in [4.69, 9.17) is 10.4 Å². The highest BCUT2D eigenvalue weighted by Gasteiger charge is 2.30. The third kappa shape index (κ3) is 6.10. The SMILES string of the molecule is C[C@H](O)c1nccn1C(/C=C/c1ccc(-c2ccc(C3CC(CNC(C#N)CO)C3)cc2)cc1)CO. The van der Waals surface area contributed by atoms with E-state index in [1.807, 2.05) is 12.2 Å². The molecular formula is C29H34N4O3. The molecule has 1 heterocycles. The molecule has 188 valence electrons. The van der Waals surface area contributed by atoms with Crippen molar-refractivity contribution in [1.82, 2.24) is 14.9 Å². The van der Waals surface area contributed by atoms with Crippen LogP contribution in [0.2, 0.25) is 0 Å². The molecule has 3 atom stereocenters. The summed E-state index contributed by atoms with van der Waals surface area (Å²) >= 11 is 0. The van der Waals surface area contributed by atoms with Crippen molar-refractivity contribution in [3.05, 3.63) is 84.0 Å². The van der Waals surface area contributed by atoms with Crippen molar-refractivity contribution in [3.63, 3.8) is 0 Å². The highest BCUT2D eigenvalue weighted by atomic mass is 16.3. The lowest BCUT2D eigenvalue weighted by Crippen LogP contribution is -2.38. The van der Waals surface area contributed by atoms with Gasteiger partial charge < -0.3 is 19.9 Å². The number of benzene rings is 2. The molecule has 0 radical (unpaired) electrons. The lowest BCUT2D eigenvalue weighted by Gasteiger charge is -2.36. The summed E-state index contributed by atoms with van der Waals surface area (Å²) in [5, 5.41) is 40.9. The van der Waals surface area contributed by atoms with Gasteiger partial charge in [-0.3, -0.25) is 5.32 Å². The second-order valence-corrected chi connectivity index (χ2v) is 9.53. The summed E-state index contributed by atoms with van der Waals surface area (Å²) in [6.07, 6.45) is 8.78. The van der Waals surface area contributed by atoms with Crippen LogP contribution in [0.4, 0.5) is 0 Å². The van der Waals surface area contributed by atoms with E-state index in [0.717, 1.165) is 30.5 Å². The molecule has 0 amide bonds. The normalized spacial score (nSPS) is 20.0. The molecular weight excluding hydrogens is 452 g/mol. The van der Waals surface area contributed by atoms with Crippen LogP contribution in [0.3, 0.4) is 0 Å². The number of hydrogen-bond acceptors (Lipinski definition) is 6. The van der Waals surface area contributed by atoms with Crippen molar-refractivity contribution in [2.24, 2.45) is 5.92 Å². The molecule has 0 bridgehead atoms. The van der Waals surface area contributed by atoms with E-state index in [0.29, 0.717) is 17.7 Å². The molecule has 1 aliphatic carbocycles. The molecule has 7 heteroatoms. The van der Waals surface area contributed by atoms with Gasteiger partial charge in [0.15, 0.2) is 0 Å². The molecule has 1 aliphatic rings. The summed E-state index contributed by atoms with van der Waals surface area (Å²) in [6.45, 7) is 2.20. The van der Waals surface area contributed by atoms with Gasteiger partial charge in [-0.25, -0.2) is 4.98 Å². The standard InChI is InChI=1S/C29H34N4O3/c1-20(36)29-31-12-13-33(29)28(19-35)11-4-21-2-5-23(6-3-21)24-7-9-25(10-8-24)26-14-22(15-26)17-32-27(16-30)18-34/h2-13,20,22,26-28,32,34-36H,14-15,17-19H2,1H3/b11-4+/t20-,22?,26?,27?,28?/m0/s1. The molecule has 4 N–H and O–H groups in total. The number of nitriles is 1. The first-order valence-corrected chi connectivity index (χ1v) is 12.5. The Balaban J connectivity index is 1.33. The van der Waals surface area contributed by atoms with Crippen LogP contribution in [-0.2, 0) is 0 Å². The Morgan fingerprint density at radius 3 is 2.33 bits per heavy atom. The zero-order valence-electron chi connectivity index (χ0n) is 20.5. The monoisotopic (exact) mass is 486 g/mol. The summed E-state index contributed by atoms with van der Waals surface area (Å²) in [5.74, 6) is 1.63. The summed E-state index contributed by atoms with van der Waals surface area (Å²) < 4.78 is 1.79. The molecule has 3 aromatic rings. The van der Waals surface area contributed by atoms with Gasteiger partial charge >= 0.3 is 0 Å². The van der Waals surface area contributed by atoms with E-state index in [9.17, 15) is 10.2 Å². The number of aliphatic hydroxyl groups is 3. The molecule has 1 aromatic heterocycles. The minimum atomic E-state index is -0.704. The second kappa shape index (κ2) is 12.1. The number of nitrogens with zero attached hydrogens (tertiary/aromatic N) is 3. The number of hydrogen-bond donors (Lipinski definition) is 4. The summed E-state index contributed by atoms with van der Waals surface area (Å²) in [5.41, 5.74) is 4.69. The third-order valence-corrected chi connectivity index (χ3v) is 6.98. The fourth-order valence-corrected chi connectivity index (χ4v) is 4.76. The smallest absolute Gasteiger partial charge is 0.137 e. The van der Waals surface area contributed by atoms with Crippen LogP contribution in [0.5, 0.6) is 0 Å². The molecule has 4 rings (SSSR count). The van der Waals surface area contributed by atoms with Gasteiger partial charge in [-0.05, 0) is 60.4 Å². The number of aliphatic hydroxyl groups excluding tert-OH is 3. The van der Waals surface area contributed by atoms with Gasteiger partial charge in [0.25, 0.3) is 0 Å². The summed E-state index contributed by atoms with van der Waals surface area (Å²) in [6, 6.07) is 18.4. The Morgan fingerprint density at radius 2 is 1.75 bits per heavy atom. The van der Waals surface area contributed by atoms with Gasteiger partial charge in [0.05, 0.1) is 25.3 Å². The minimum Gasteiger partial charge on any atom is -0.394 e. The van der Waals surface area contributed by atoms with Crippen LogP contribution in [0.15, 0.2) is 67.0 Å². The number of nitrogens with one attached hydrogen (secondary N) is 1. The van der Waals surface area contributed by atoms with E-state index < -0.39 is 12.1 Å². The number of imidazole rings is 1. The van der Waals surface area contributed by atoms with Gasteiger partial charge in [-0.2, -0.15) is 5.26 Å². The van der Waals surface area contributed by atoms with Gasteiger partial charge in [-0.15, -0.1) is 0 Å². The van der Waals surface area contributed by atoms with E-state index in [-0.39, 0.29) is 19.3 Å². The first kappa shape index (κ1) is 25.8. The highest BCUT2D eigenvalue weighted by Crippen LogP contribution is 2.41. The predicted octanol–water partition coefficient (Wildman–Crippen LogP) is 3.82. The second-order valence-electron chi connectivity index (χ2n) is 9.53.